The summed E-state index contributed by atoms with van der Waals surface area (Å²) in [5, 5.41) is 8.59. The van der Waals surface area contributed by atoms with E-state index in [1.807, 2.05) is 4.90 Å². The smallest absolute Gasteiger partial charge is 0.328 e. The summed E-state index contributed by atoms with van der Waals surface area (Å²) in [5.74, 6) is -0.459. The molecule has 1 aromatic rings. The molecule has 0 saturated heterocycles. The molecule has 0 heterocycles. The largest absolute Gasteiger partial charge is 0.478 e. The molecule has 4 nitrogen and oxygen atoms in total. The van der Waals surface area contributed by atoms with E-state index in [1.54, 1.807) is 24.3 Å². The number of amides is 1. The fourth-order valence-electron chi connectivity index (χ4n) is 2.25. The van der Waals surface area contributed by atoms with Gasteiger partial charge in [-0.3, -0.25) is 4.79 Å². The Balaban J connectivity index is 2.09. The Morgan fingerprint density at radius 3 is 2.38 bits per heavy atom. The molecule has 1 amide bonds. The highest BCUT2D eigenvalue weighted by Crippen LogP contribution is 2.29. The third-order valence-corrected chi connectivity index (χ3v) is 3.39. The van der Waals surface area contributed by atoms with Crippen molar-refractivity contribution in [3.8, 4) is 0 Å². The van der Waals surface area contributed by atoms with Crippen LogP contribution in [0.2, 0.25) is 0 Å². The third kappa shape index (κ3) is 4.45. The van der Waals surface area contributed by atoms with E-state index in [1.165, 1.54) is 6.08 Å². The molecule has 0 atom stereocenters. The molecule has 1 aliphatic rings. The van der Waals surface area contributed by atoms with Crippen LogP contribution in [0.25, 0.3) is 6.08 Å². The second-order valence-corrected chi connectivity index (χ2v) is 5.88. The summed E-state index contributed by atoms with van der Waals surface area (Å²) in [4.78, 5) is 25.0. The van der Waals surface area contributed by atoms with Crippen molar-refractivity contribution in [2.24, 2.45) is 5.92 Å². The highest BCUT2D eigenvalue weighted by Gasteiger charge is 2.33. The Hall–Kier alpha value is -2.10. The summed E-state index contributed by atoms with van der Waals surface area (Å²) < 4.78 is 0. The molecule has 1 fully saturated rings. The van der Waals surface area contributed by atoms with Crippen molar-refractivity contribution in [1.29, 1.82) is 0 Å². The van der Waals surface area contributed by atoms with Crippen molar-refractivity contribution in [2.75, 3.05) is 6.54 Å². The van der Waals surface area contributed by atoms with Gasteiger partial charge in [-0.1, -0.05) is 26.0 Å². The van der Waals surface area contributed by atoms with Crippen molar-refractivity contribution in [2.45, 2.75) is 32.7 Å². The van der Waals surface area contributed by atoms with Gasteiger partial charge in [0.2, 0.25) is 0 Å². The molecule has 21 heavy (non-hydrogen) atoms. The van der Waals surface area contributed by atoms with Gasteiger partial charge < -0.3 is 10.0 Å². The van der Waals surface area contributed by atoms with Crippen LogP contribution >= 0.6 is 0 Å². The number of rotatable bonds is 6. The van der Waals surface area contributed by atoms with Gasteiger partial charge in [0.1, 0.15) is 0 Å². The summed E-state index contributed by atoms with van der Waals surface area (Å²) >= 11 is 0. The van der Waals surface area contributed by atoms with Crippen LogP contribution in [0.1, 0.15) is 42.6 Å². The normalized spacial score (nSPS) is 14.6. The molecule has 112 valence electrons. The second kappa shape index (κ2) is 6.57. The lowest BCUT2D eigenvalue weighted by Crippen LogP contribution is -2.36. The van der Waals surface area contributed by atoms with Crippen LogP contribution < -0.4 is 0 Å². The Morgan fingerprint density at radius 1 is 1.29 bits per heavy atom. The van der Waals surface area contributed by atoms with Gasteiger partial charge in [0.15, 0.2) is 0 Å². The van der Waals surface area contributed by atoms with E-state index in [4.69, 9.17) is 5.11 Å². The van der Waals surface area contributed by atoms with Gasteiger partial charge in [-0.25, -0.2) is 4.79 Å². The van der Waals surface area contributed by atoms with Crippen LogP contribution in [0.5, 0.6) is 0 Å². The summed E-state index contributed by atoms with van der Waals surface area (Å²) in [6.45, 7) is 5.01. The summed E-state index contributed by atoms with van der Waals surface area (Å²) in [5.41, 5.74) is 1.44. The minimum Gasteiger partial charge on any atom is -0.478 e. The van der Waals surface area contributed by atoms with Gasteiger partial charge in [-0.15, -0.1) is 0 Å². The highest BCUT2D eigenvalue weighted by atomic mass is 16.4. The van der Waals surface area contributed by atoms with E-state index in [0.29, 0.717) is 17.5 Å². The van der Waals surface area contributed by atoms with E-state index in [0.717, 1.165) is 31.0 Å². The summed E-state index contributed by atoms with van der Waals surface area (Å²) in [7, 11) is 0. The van der Waals surface area contributed by atoms with E-state index >= 15 is 0 Å². The fourth-order valence-corrected chi connectivity index (χ4v) is 2.25. The molecule has 4 heteroatoms. The number of hydrogen-bond donors (Lipinski definition) is 1. The number of hydrogen-bond acceptors (Lipinski definition) is 2. The molecule has 1 saturated carbocycles. The number of carboxylic acid groups (broad SMARTS) is 1. The number of nitrogens with zero attached hydrogens (tertiary/aromatic N) is 1. The van der Waals surface area contributed by atoms with Gasteiger partial charge in [-0.05, 0) is 42.5 Å². The van der Waals surface area contributed by atoms with Crippen molar-refractivity contribution in [1.82, 2.24) is 4.90 Å². The van der Waals surface area contributed by atoms with Crippen LogP contribution in [-0.4, -0.2) is 34.5 Å². The summed E-state index contributed by atoms with van der Waals surface area (Å²) in [6.07, 6.45) is 4.80. The van der Waals surface area contributed by atoms with Crippen LogP contribution in [-0.2, 0) is 4.79 Å². The molecule has 0 aromatic heterocycles. The number of carboxylic acids is 1. The maximum absolute atomic E-state index is 12.6. The van der Waals surface area contributed by atoms with Crippen LogP contribution in [0.15, 0.2) is 30.3 Å². The zero-order valence-electron chi connectivity index (χ0n) is 12.5. The first kappa shape index (κ1) is 15.3. The van der Waals surface area contributed by atoms with Gasteiger partial charge in [0, 0.05) is 24.2 Å². The molecular weight excluding hydrogens is 266 g/mol. The van der Waals surface area contributed by atoms with Gasteiger partial charge in [0.05, 0.1) is 0 Å². The zero-order valence-corrected chi connectivity index (χ0v) is 12.5. The minimum absolute atomic E-state index is 0.0694. The molecular formula is C17H21NO3. The number of aliphatic carboxylic acids is 1. The first-order valence-electron chi connectivity index (χ1n) is 7.29. The molecule has 1 aliphatic carbocycles. The second-order valence-electron chi connectivity index (χ2n) is 5.88. The monoisotopic (exact) mass is 287 g/mol. The Morgan fingerprint density at radius 2 is 1.90 bits per heavy atom. The molecule has 0 radical (unpaired) electrons. The van der Waals surface area contributed by atoms with Crippen LogP contribution in [0.4, 0.5) is 0 Å². The number of carbonyl (C=O) groups is 2. The van der Waals surface area contributed by atoms with Gasteiger partial charge in [-0.2, -0.15) is 0 Å². The number of carbonyl (C=O) groups excluding carboxylic acids is 1. The van der Waals surface area contributed by atoms with E-state index in [-0.39, 0.29) is 5.91 Å². The van der Waals surface area contributed by atoms with Gasteiger partial charge >= 0.3 is 5.97 Å². The average molecular weight is 287 g/mol. The lowest BCUT2D eigenvalue weighted by atomic mass is 10.1. The van der Waals surface area contributed by atoms with Gasteiger partial charge in [0.25, 0.3) is 5.91 Å². The first-order chi connectivity index (χ1) is 9.97. The number of benzene rings is 1. The molecule has 0 unspecified atom stereocenters. The topological polar surface area (TPSA) is 57.6 Å². The third-order valence-electron chi connectivity index (χ3n) is 3.39. The molecule has 1 aromatic carbocycles. The maximum atomic E-state index is 12.6. The van der Waals surface area contributed by atoms with Crippen molar-refractivity contribution >= 4 is 18.0 Å². The van der Waals surface area contributed by atoms with Crippen molar-refractivity contribution in [3.63, 3.8) is 0 Å². The van der Waals surface area contributed by atoms with E-state index in [2.05, 4.69) is 13.8 Å². The van der Waals surface area contributed by atoms with Crippen molar-refractivity contribution < 1.29 is 14.7 Å². The average Bonchev–Trinajstić information content (AvgIpc) is 3.26. The maximum Gasteiger partial charge on any atom is 0.328 e. The predicted molar refractivity (Wildman–Crippen MR) is 82.0 cm³/mol. The molecule has 0 bridgehead atoms. The quantitative estimate of drug-likeness (QED) is 0.818. The molecule has 2 rings (SSSR count). The van der Waals surface area contributed by atoms with E-state index in [9.17, 15) is 9.59 Å². The lowest BCUT2D eigenvalue weighted by Gasteiger charge is -2.24. The SMILES string of the molecule is CC(C)CN(C(=O)c1ccc(C=CC(=O)O)cc1)C1CC1. The first-order valence-corrected chi connectivity index (χ1v) is 7.29. The lowest BCUT2D eigenvalue weighted by molar-refractivity contribution is -0.131. The minimum atomic E-state index is -0.980. The van der Waals surface area contributed by atoms with Crippen molar-refractivity contribution in [3.05, 3.63) is 41.5 Å². The predicted octanol–water partition coefficient (Wildman–Crippen LogP) is 3.05. The Labute approximate surface area is 125 Å². The van der Waals surface area contributed by atoms with Crippen LogP contribution in [0.3, 0.4) is 0 Å². The molecule has 1 N–H and O–H groups in total. The Bertz CT molecular complexity index is 542. The molecule has 0 aliphatic heterocycles. The summed E-state index contributed by atoms with van der Waals surface area (Å²) in [6, 6.07) is 7.46. The standard InChI is InChI=1S/C17H21NO3/c1-12(2)11-18(15-8-9-15)17(21)14-6-3-13(4-7-14)5-10-16(19)20/h3-7,10,12,15H,8-9,11H2,1-2H3,(H,19,20). The van der Waals surface area contributed by atoms with Crippen LogP contribution in [0, 0.1) is 5.92 Å². The van der Waals surface area contributed by atoms with E-state index < -0.39 is 5.97 Å². The fraction of sp³-hybridized carbons (Fsp3) is 0.412. The zero-order chi connectivity index (χ0) is 15.4. The Kier molecular flexibility index (Phi) is 4.78. The molecule has 0 spiro atoms. The highest BCUT2D eigenvalue weighted by molar-refractivity contribution is 5.95.